The normalized spacial score (nSPS) is 25.4. The summed E-state index contributed by atoms with van der Waals surface area (Å²) in [5.74, 6) is -0.388. The molecule has 0 amide bonds. The molecule has 2 aliphatic rings. The first-order chi connectivity index (χ1) is 35.6. The van der Waals surface area contributed by atoms with Crippen molar-refractivity contribution in [2.75, 3.05) is 33.0 Å². The van der Waals surface area contributed by atoms with E-state index in [0.29, 0.717) is 13.0 Å². The SMILES string of the molecule is CC/C=C\C/C=C\C/C=C\C/C=C\CCCCCOCC(COC1OC(COC2OC(CO)C(O)C(O)C2O)C(O)C(O)C1O)OC(=O)CCCCCCCCCCCCC/C=C\CCCCCCCCCC. The van der Waals surface area contributed by atoms with Gasteiger partial charge in [0.05, 0.1) is 26.4 Å². The molecule has 14 nitrogen and oxygen atoms in total. The number of hydrogen-bond acceptors (Lipinski definition) is 14. The van der Waals surface area contributed by atoms with Gasteiger partial charge < -0.3 is 64.2 Å². The molecule has 2 aliphatic heterocycles. The molecule has 2 rings (SSSR count). The topological polar surface area (TPSA) is 214 Å². The lowest BCUT2D eigenvalue weighted by Gasteiger charge is -2.42. The van der Waals surface area contributed by atoms with Crippen molar-refractivity contribution < 1.29 is 69.0 Å². The molecule has 73 heavy (non-hydrogen) atoms. The predicted molar refractivity (Wildman–Crippen MR) is 289 cm³/mol. The monoisotopic (exact) mass is 1040 g/mol. The molecule has 0 aromatic heterocycles. The lowest BCUT2D eigenvalue weighted by Crippen LogP contribution is -2.61. The summed E-state index contributed by atoms with van der Waals surface area (Å²) in [7, 11) is 0. The minimum atomic E-state index is -1.72. The van der Waals surface area contributed by atoms with Crippen LogP contribution in [0.3, 0.4) is 0 Å². The van der Waals surface area contributed by atoms with Crippen LogP contribution in [0.15, 0.2) is 60.8 Å². The maximum atomic E-state index is 13.1. The van der Waals surface area contributed by atoms with Gasteiger partial charge in [-0.3, -0.25) is 4.79 Å². The minimum Gasteiger partial charge on any atom is -0.457 e. The number of ether oxygens (including phenoxy) is 6. The van der Waals surface area contributed by atoms with Crippen LogP contribution in [0.1, 0.15) is 206 Å². The zero-order chi connectivity index (χ0) is 53.0. The third kappa shape index (κ3) is 32.8. The van der Waals surface area contributed by atoms with Crippen LogP contribution >= 0.6 is 0 Å². The molecule has 11 unspecified atom stereocenters. The van der Waals surface area contributed by atoms with Crippen LogP contribution in [0, 0.1) is 0 Å². The average molecular weight is 1040 g/mol. The number of unbranched alkanes of at least 4 members (excludes halogenated alkanes) is 22. The molecule has 0 radical (unpaired) electrons. The summed E-state index contributed by atoms with van der Waals surface area (Å²) in [6.07, 6.45) is 40.0. The molecule has 0 aromatic rings. The van der Waals surface area contributed by atoms with Crippen LogP contribution in [0.5, 0.6) is 0 Å². The van der Waals surface area contributed by atoms with Gasteiger partial charge in [0.15, 0.2) is 12.6 Å². The first-order valence-electron chi connectivity index (χ1n) is 28.9. The van der Waals surface area contributed by atoms with Gasteiger partial charge in [-0.05, 0) is 77.0 Å². The Morgan fingerprint density at radius 1 is 0.466 bits per heavy atom. The average Bonchev–Trinajstić information content (AvgIpc) is 3.39. The Balaban J connectivity index is 1.72. The smallest absolute Gasteiger partial charge is 0.306 e. The second-order valence-corrected chi connectivity index (χ2v) is 20.1. The number of carbonyl (C=O) groups excluding carboxylic acids is 1. The largest absolute Gasteiger partial charge is 0.457 e. The van der Waals surface area contributed by atoms with Crippen molar-refractivity contribution in [1.29, 1.82) is 0 Å². The molecule has 0 bridgehead atoms. The van der Waals surface area contributed by atoms with Gasteiger partial charge >= 0.3 is 5.97 Å². The summed E-state index contributed by atoms with van der Waals surface area (Å²) >= 11 is 0. The molecular formula is C59H104O14. The number of rotatable bonds is 46. The Morgan fingerprint density at radius 3 is 1.41 bits per heavy atom. The van der Waals surface area contributed by atoms with Gasteiger partial charge in [-0.25, -0.2) is 0 Å². The number of allylic oxidation sites excluding steroid dienone is 10. The maximum absolute atomic E-state index is 13.1. The molecule has 2 heterocycles. The van der Waals surface area contributed by atoms with E-state index >= 15 is 0 Å². The highest BCUT2D eigenvalue weighted by molar-refractivity contribution is 5.69. The molecule has 0 aromatic carbocycles. The summed E-state index contributed by atoms with van der Waals surface area (Å²) in [6.45, 7) is 3.51. The summed E-state index contributed by atoms with van der Waals surface area (Å²) < 4.78 is 34.3. The minimum absolute atomic E-state index is 0.0384. The Hall–Kier alpha value is -2.31. The van der Waals surface area contributed by atoms with Crippen molar-refractivity contribution >= 4 is 5.97 Å². The highest BCUT2D eigenvalue weighted by Gasteiger charge is 2.47. The highest BCUT2D eigenvalue weighted by Crippen LogP contribution is 2.26. The second-order valence-electron chi connectivity index (χ2n) is 20.1. The van der Waals surface area contributed by atoms with Gasteiger partial charge in [0.2, 0.25) is 0 Å². The predicted octanol–water partition coefficient (Wildman–Crippen LogP) is 10.1. The Bertz CT molecular complexity index is 1440. The van der Waals surface area contributed by atoms with Gasteiger partial charge in [-0.15, -0.1) is 0 Å². The summed E-state index contributed by atoms with van der Waals surface area (Å²) in [5, 5.41) is 72.3. The third-order valence-corrected chi connectivity index (χ3v) is 13.5. The van der Waals surface area contributed by atoms with Crippen molar-refractivity contribution in [3.05, 3.63) is 60.8 Å². The standard InChI is InChI=1S/C59H104O14/c1-3-5-7-9-11-13-15-17-19-21-22-23-24-25-26-27-28-30-32-34-36-38-40-42-51(61)71-48(45-68-43-41-39-37-35-33-31-29-20-18-16-14-12-10-8-6-4-2)46-69-58-57(67)55(65)53(63)50(73-58)47-70-59-56(66)54(64)52(62)49(44-60)72-59/h6,8,12,14,18,20-22,31,33,48-50,52-60,62-67H,3-5,7,9-11,13,15-17,19,23-30,32,34-47H2,1-2H3/b8-6-,14-12-,20-18-,22-21-,33-31-. The van der Waals surface area contributed by atoms with Crippen molar-refractivity contribution in [3.8, 4) is 0 Å². The number of hydrogen-bond donors (Lipinski definition) is 7. The molecule has 2 saturated heterocycles. The van der Waals surface area contributed by atoms with Crippen molar-refractivity contribution in [3.63, 3.8) is 0 Å². The number of carbonyl (C=O) groups is 1. The fraction of sp³-hybridized carbons (Fsp3) is 0.814. The summed E-state index contributed by atoms with van der Waals surface area (Å²) in [5.41, 5.74) is 0. The molecule has 2 fully saturated rings. The molecule has 11 atom stereocenters. The van der Waals surface area contributed by atoms with Crippen molar-refractivity contribution in [2.24, 2.45) is 0 Å². The third-order valence-electron chi connectivity index (χ3n) is 13.5. The zero-order valence-electron chi connectivity index (χ0n) is 45.4. The van der Waals surface area contributed by atoms with E-state index in [1.165, 1.54) is 109 Å². The summed E-state index contributed by atoms with van der Waals surface area (Å²) in [6, 6.07) is 0. The lowest BCUT2D eigenvalue weighted by molar-refractivity contribution is -0.332. The molecule has 0 spiro atoms. The molecule has 14 heteroatoms. The molecule has 7 N–H and O–H groups in total. The lowest BCUT2D eigenvalue weighted by atomic mass is 9.98. The fourth-order valence-corrected chi connectivity index (χ4v) is 8.86. The Labute approximate surface area is 441 Å². The number of esters is 1. The van der Waals surface area contributed by atoms with E-state index in [2.05, 4.69) is 74.6 Å². The van der Waals surface area contributed by atoms with Crippen LogP contribution in [0.4, 0.5) is 0 Å². The zero-order valence-corrected chi connectivity index (χ0v) is 45.4. The number of aliphatic hydroxyl groups is 7. The maximum Gasteiger partial charge on any atom is 0.306 e. The van der Waals surface area contributed by atoms with Gasteiger partial charge in [-0.2, -0.15) is 0 Å². The molecule has 0 saturated carbocycles. The van der Waals surface area contributed by atoms with Gasteiger partial charge in [-0.1, -0.05) is 184 Å². The Kier molecular flexibility index (Phi) is 42.0. The highest BCUT2D eigenvalue weighted by atomic mass is 16.7. The van der Waals surface area contributed by atoms with E-state index in [1.807, 2.05) is 0 Å². The Morgan fingerprint density at radius 2 is 0.890 bits per heavy atom. The van der Waals surface area contributed by atoms with E-state index in [-0.39, 0.29) is 25.6 Å². The van der Waals surface area contributed by atoms with Crippen LogP contribution in [0.25, 0.3) is 0 Å². The van der Waals surface area contributed by atoms with E-state index in [0.717, 1.165) is 70.6 Å². The van der Waals surface area contributed by atoms with Crippen LogP contribution in [0.2, 0.25) is 0 Å². The van der Waals surface area contributed by atoms with Crippen LogP contribution < -0.4 is 0 Å². The quantitative estimate of drug-likeness (QED) is 0.0172. The van der Waals surface area contributed by atoms with E-state index in [9.17, 15) is 40.5 Å². The van der Waals surface area contributed by atoms with Crippen molar-refractivity contribution in [2.45, 2.75) is 274 Å². The van der Waals surface area contributed by atoms with E-state index in [4.69, 9.17) is 28.4 Å². The van der Waals surface area contributed by atoms with Gasteiger partial charge in [0.25, 0.3) is 0 Å². The first kappa shape index (κ1) is 66.8. The molecule has 424 valence electrons. The second kappa shape index (κ2) is 45.8. The van der Waals surface area contributed by atoms with E-state index in [1.54, 1.807) is 0 Å². The molecular weight excluding hydrogens is 933 g/mol. The molecule has 0 aliphatic carbocycles. The number of aliphatic hydroxyl groups excluding tert-OH is 7. The van der Waals surface area contributed by atoms with Gasteiger partial charge in [0, 0.05) is 13.0 Å². The van der Waals surface area contributed by atoms with Crippen LogP contribution in [-0.4, -0.2) is 142 Å². The van der Waals surface area contributed by atoms with Crippen LogP contribution in [-0.2, 0) is 33.2 Å². The van der Waals surface area contributed by atoms with E-state index < -0.39 is 80.7 Å². The van der Waals surface area contributed by atoms with Gasteiger partial charge in [0.1, 0.15) is 54.9 Å². The first-order valence-corrected chi connectivity index (χ1v) is 28.9. The van der Waals surface area contributed by atoms with Crippen molar-refractivity contribution in [1.82, 2.24) is 0 Å². The fourth-order valence-electron chi connectivity index (χ4n) is 8.86. The summed E-state index contributed by atoms with van der Waals surface area (Å²) in [4.78, 5) is 13.1.